The summed E-state index contributed by atoms with van der Waals surface area (Å²) < 4.78 is 6.19. The zero-order chi connectivity index (χ0) is 17.3. The Morgan fingerprint density at radius 3 is 2.71 bits per heavy atom. The van der Waals surface area contributed by atoms with Crippen molar-refractivity contribution in [2.75, 3.05) is 12.4 Å². The normalized spacial score (nSPS) is 17.9. The lowest BCUT2D eigenvalue weighted by molar-refractivity contribution is 0.0593. The van der Waals surface area contributed by atoms with Gasteiger partial charge in [0.2, 0.25) is 0 Å². The molecule has 1 aliphatic heterocycles. The van der Waals surface area contributed by atoms with E-state index in [-0.39, 0.29) is 18.1 Å². The average molecular weight is 389 g/mol. The summed E-state index contributed by atoms with van der Waals surface area (Å²) >= 11 is 3.54. The summed E-state index contributed by atoms with van der Waals surface area (Å²) in [6.45, 7) is 4.18. The van der Waals surface area contributed by atoms with Gasteiger partial charge in [-0.1, -0.05) is 25.1 Å². The quantitative estimate of drug-likeness (QED) is 0.815. The molecule has 0 unspecified atom stereocenters. The van der Waals surface area contributed by atoms with Gasteiger partial charge in [0.1, 0.15) is 11.9 Å². The van der Waals surface area contributed by atoms with Gasteiger partial charge < -0.3 is 15.0 Å². The number of benzene rings is 2. The molecule has 0 aromatic heterocycles. The van der Waals surface area contributed by atoms with E-state index in [9.17, 15) is 4.79 Å². The van der Waals surface area contributed by atoms with Crippen LogP contribution in [0.4, 0.5) is 5.69 Å². The molecule has 0 spiro atoms. The zero-order valence-corrected chi connectivity index (χ0v) is 15.6. The molecule has 1 aliphatic rings. The number of rotatable bonds is 4. The molecule has 2 atom stereocenters. The van der Waals surface area contributed by atoms with Crippen LogP contribution in [-0.2, 0) is 0 Å². The van der Waals surface area contributed by atoms with Gasteiger partial charge >= 0.3 is 0 Å². The smallest absolute Gasteiger partial charge is 0.258 e. The fraction of sp³-hybridized carbons (Fsp3) is 0.316. The molecule has 1 N–H and O–H groups in total. The second-order valence-electron chi connectivity index (χ2n) is 5.96. The van der Waals surface area contributed by atoms with Crippen molar-refractivity contribution in [3.63, 3.8) is 0 Å². The molecule has 1 amide bonds. The van der Waals surface area contributed by atoms with Gasteiger partial charge in [0.25, 0.3) is 5.91 Å². The van der Waals surface area contributed by atoms with E-state index in [0.29, 0.717) is 0 Å². The Hall–Kier alpha value is -2.01. The fourth-order valence-electron chi connectivity index (χ4n) is 3.02. The van der Waals surface area contributed by atoms with E-state index in [1.54, 1.807) is 7.11 Å². The van der Waals surface area contributed by atoms with Crippen molar-refractivity contribution >= 4 is 27.5 Å². The van der Waals surface area contributed by atoms with Gasteiger partial charge in [-0.05, 0) is 59.1 Å². The molecule has 0 saturated carbocycles. The van der Waals surface area contributed by atoms with Gasteiger partial charge in [-0.3, -0.25) is 4.79 Å². The van der Waals surface area contributed by atoms with Crippen LogP contribution in [0.2, 0.25) is 0 Å². The Morgan fingerprint density at radius 2 is 2.04 bits per heavy atom. The third-order valence-electron chi connectivity index (χ3n) is 4.52. The number of carbonyl (C=O) groups excluding carboxylic acids is 1. The molecule has 1 heterocycles. The molecule has 2 aromatic carbocycles. The molecule has 0 aliphatic carbocycles. The number of ether oxygens (including phenoxy) is 1. The first-order valence-corrected chi connectivity index (χ1v) is 8.87. The van der Waals surface area contributed by atoms with Crippen LogP contribution < -0.4 is 10.1 Å². The van der Waals surface area contributed by atoms with E-state index < -0.39 is 0 Å². The van der Waals surface area contributed by atoms with Crippen molar-refractivity contribution in [1.82, 2.24) is 4.90 Å². The number of fused-ring (bicyclic) bond motifs is 1. The van der Waals surface area contributed by atoms with E-state index in [0.717, 1.165) is 33.5 Å². The van der Waals surface area contributed by atoms with Crippen LogP contribution in [0.1, 0.15) is 42.4 Å². The van der Waals surface area contributed by atoms with Crippen LogP contribution in [0.25, 0.3) is 0 Å². The molecule has 2 aromatic rings. The predicted molar refractivity (Wildman–Crippen MR) is 99.4 cm³/mol. The van der Waals surface area contributed by atoms with E-state index in [2.05, 4.69) is 35.1 Å². The number of hydrogen-bond donors (Lipinski definition) is 1. The highest BCUT2D eigenvalue weighted by Crippen LogP contribution is 2.37. The molecule has 126 valence electrons. The zero-order valence-electron chi connectivity index (χ0n) is 14.0. The Kier molecular flexibility index (Phi) is 4.81. The number of nitrogens with zero attached hydrogens (tertiary/aromatic N) is 1. The number of methoxy groups -OCH3 is 1. The summed E-state index contributed by atoms with van der Waals surface area (Å²) in [5.74, 6) is 0.840. The van der Waals surface area contributed by atoms with Gasteiger partial charge in [0.15, 0.2) is 0 Å². The summed E-state index contributed by atoms with van der Waals surface area (Å²) in [6, 6.07) is 13.7. The molecular formula is C19H21BrN2O2. The van der Waals surface area contributed by atoms with Crippen LogP contribution in [0.5, 0.6) is 5.75 Å². The number of halogens is 1. The van der Waals surface area contributed by atoms with Gasteiger partial charge in [0.05, 0.1) is 17.1 Å². The number of anilines is 1. The minimum Gasteiger partial charge on any atom is -0.496 e. The first-order valence-electron chi connectivity index (χ1n) is 8.08. The highest BCUT2D eigenvalue weighted by atomic mass is 79.9. The lowest BCUT2D eigenvalue weighted by atomic mass is 10.0. The molecule has 24 heavy (non-hydrogen) atoms. The van der Waals surface area contributed by atoms with Crippen LogP contribution in [0.3, 0.4) is 0 Å². The Balaban J connectivity index is 2.07. The highest BCUT2D eigenvalue weighted by molar-refractivity contribution is 9.10. The lowest BCUT2D eigenvalue weighted by Crippen LogP contribution is -2.47. The number of hydrogen-bond acceptors (Lipinski definition) is 3. The van der Waals surface area contributed by atoms with Gasteiger partial charge in [-0.2, -0.15) is 0 Å². The van der Waals surface area contributed by atoms with Gasteiger partial charge in [0, 0.05) is 11.7 Å². The Labute approximate surface area is 150 Å². The largest absolute Gasteiger partial charge is 0.496 e. The number of amides is 1. The van der Waals surface area contributed by atoms with Crippen molar-refractivity contribution in [2.24, 2.45) is 0 Å². The second kappa shape index (κ2) is 6.85. The van der Waals surface area contributed by atoms with Gasteiger partial charge in [-0.15, -0.1) is 0 Å². The summed E-state index contributed by atoms with van der Waals surface area (Å²) in [5, 5.41) is 3.52. The SMILES string of the molecule is CC[C@H](C)N1C(=O)c2ccccc2N[C@H]1c1ccc(OC)c(Br)c1. The van der Waals surface area contributed by atoms with Crippen LogP contribution >= 0.6 is 15.9 Å². The fourth-order valence-corrected chi connectivity index (χ4v) is 3.58. The summed E-state index contributed by atoms with van der Waals surface area (Å²) in [4.78, 5) is 15.0. The Bertz CT molecular complexity index is 763. The van der Waals surface area contributed by atoms with Crippen molar-refractivity contribution in [3.05, 3.63) is 58.1 Å². The number of carbonyl (C=O) groups is 1. The number of nitrogens with one attached hydrogen (secondary N) is 1. The predicted octanol–water partition coefficient (Wildman–Crippen LogP) is 4.82. The number of para-hydroxylation sites is 1. The first kappa shape index (κ1) is 16.8. The third-order valence-corrected chi connectivity index (χ3v) is 5.14. The van der Waals surface area contributed by atoms with Crippen LogP contribution in [0, 0.1) is 0 Å². The third kappa shape index (κ3) is 2.88. The summed E-state index contributed by atoms with van der Waals surface area (Å²) in [7, 11) is 1.64. The standard InChI is InChI=1S/C19H21BrN2O2/c1-4-12(2)22-18(13-9-10-17(24-3)15(20)11-13)21-16-8-6-5-7-14(16)19(22)23/h5-12,18,21H,4H2,1-3H3/t12-,18+/m0/s1. The lowest BCUT2D eigenvalue weighted by Gasteiger charge is -2.41. The molecule has 4 nitrogen and oxygen atoms in total. The maximum Gasteiger partial charge on any atom is 0.258 e. The molecule has 0 saturated heterocycles. The summed E-state index contributed by atoms with van der Waals surface area (Å²) in [6.07, 6.45) is 0.688. The van der Waals surface area contributed by atoms with Crippen LogP contribution in [0.15, 0.2) is 46.9 Å². The molecule has 3 rings (SSSR count). The van der Waals surface area contributed by atoms with E-state index in [1.165, 1.54) is 0 Å². The van der Waals surface area contributed by atoms with E-state index >= 15 is 0 Å². The summed E-state index contributed by atoms with van der Waals surface area (Å²) in [5.41, 5.74) is 2.62. The van der Waals surface area contributed by atoms with E-state index in [1.807, 2.05) is 47.4 Å². The monoisotopic (exact) mass is 388 g/mol. The highest BCUT2D eigenvalue weighted by Gasteiger charge is 2.35. The molecule has 5 heteroatoms. The maximum atomic E-state index is 13.1. The second-order valence-corrected chi connectivity index (χ2v) is 6.81. The van der Waals surface area contributed by atoms with Crippen molar-refractivity contribution in [1.29, 1.82) is 0 Å². The molecule has 0 radical (unpaired) electrons. The maximum absolute atomic E-state index is 13.1. The molecule has 0 fully saturated rings. The molecule has 0 bridgehead atoms. The van der Waals surface area contributed by atoms with Crippen molar-refractivity contribution in [3.8, 4) is 5.75 Å². The minimum absolute atomic E-state index is 0.0654. The first-order chi connectivity index (χ1) is 11.6. The minimum atomic E-state index is -0.204. The Morgan fingerprint density at radius 1 is 1.29 bits per heavy atom. The average Bonchev–Trinajstić information content (AvgIpc) is 2.61. The van der Waals surface area contributed by atoms with E-state index in [4.69, 9.17) is 4.74 Å². The van der Waals surface area contributed by atoms with Gasteiger partial charge in [-0.25, -0.2) is 0 Å². The van der Waals surface area contributed by atoms with Crippen molar-refractivity contribution in [2.45, 2.75) is 32.5 Å². The van der Waals surface area contributed by atoms with Crippen molar-refractivity contribution < 1.29 is 9.53 Å². The van der Waals surface area contributed by atoms with Crippen LogP contribution in [-0.4, -0.2) is 24.0 Å². The topological polar surface area (TPSA) is 41.6 Å². The molecular weight excluding hydrogens is 368 g/mol.